The fourth-order valence-corrected chi connectivity index (χ4v) is 5.81. The lowest BCUT2D eigenvalue weighted by molar-refractivity contribution is -0.428. The van der Waals surface area contributed by atoms with Crippen molar-refractivity contribution < 1.29 is 34.8 Å². The third-order valence-corrected chi connectivity index (χ3v) is 8.48. The number of hydroxylamine groups is 2. The molecule has 0 aliphatic carbocycles. The molecule has 248 valence electrons. The molecule has 1 aromatic heterocycles. The molecule has 5 atom stereocenters. The van der Waals surface area contributed by atoms with Crippen LogP contribution in [-0.4, -0.2) is 71.1 Å². The van der Waals surface area contributed by atoms with E-state index in [0.717, 1.165) is 31.9 Å². The molecule has 11 nitrogen and oxygen atoms in total. The predicted octanol–water partition coefficient (Wildman–Crippen LogP) is 3.64. The molecule has 6 N–H and O–H groups in total. The van der Waals surface area contributed by atoms with Crippen molar-refractivity contribution in [2.24, 2.45) is 0 Å². The number of halogens is 1. The minimum absolute atomic E-state index is 0.0184. The Balaban J connectivity index is 1.62. The number of unbranched alkanes of at least 4 members (excludes halogenated alkanes) is 12. The number of ether oxygens (including phenoxy) is 1. The zero-order chi connectivity index (χ0) is 32.2. The summed E-state index contributed by atoms with van der Waals surface area (Å²) in [5.74, 6) is -3.29. The molecule has 1 unspecified atom stereocenters. The predicted molar refractivity (Wildman–Crippen MR) is 163 cm³/mol. The first-order chi connectivity index (χ1) is 21.1. The Morgan fingerprint density at radius 2 is 1.50 bits per heavy atom. The summed E-state index contributed by atoms with van der Waals surface area (Å²) in [7, 11) is 0. The van der Waals surface area contributed by atoms with Gasteiger partial charge >= 0.3 is 11.6 Å². The molecule has 2 aromatic rings. The molecule has 1 aliphatic heterocycles. The SMILES string of the molecule is CCCCCCCCCCCCCCCC(F)N(O)[C@@]1(O)[C@H](O)[C@@H](CO)O[C@]1(O)n1cc(Cc2ccccc2)c(=O)[nH]c1=O. The summed E-state index contributed by atoms with van der Waals surface area (Å²) >= 11 is 0. The normalized spacial score (nSPS) is 24.3. The van der Waals surface area contributed by atoms with Crippen molar-refractivity contribution in [3.63, 3.8) is 0 Å². The van der Waals surface area contributed by atoms with Gasteiger partial charge in [0.15, 0.2) is 6.30 Å². The second-order valence-corrected chi connectivity index (χ2v) is 11.9. The number of hydrogen-bond acceptors (Lipinski definition) is 9. The Bertz CT molecular complexity index is 1240. The maximum absolute atomic E-state index is 15.3. The topological polar surface area (TPSA) is 168 Å². The Hall–Kier alpha value is -2.45. The van der Waals surface area contributed by atoms with Gasteiger partial charge in [0, 0.05) is 18.2 Å². The fourth-order valence-electron chi connectivity index (χ4n) is 5.81. The number of nitrogens with zero attached hydrogens (tertiary/aromatic N) is 2. The Labute approximate surface area is 257 Å². The third-order valence-electron chi connectivity index (χ3n) is 8.48. The average Bonchev–Trinajstić information content (AvgIpc) is 3.22. The van der Waals surface area contributed by atoms with E-state index in [4.69, 9.17) is 4.74 Å². The average molecular weight is 624 g/mol. The van der Waals surface area contributed by atoms with Gasteiger partial charge in [0.25, 0.3) is 5.56 Å². The maximum atomic E-state index is 15.3. The van der Waals surface area contributed by atoms with Gasteiger partial charge in [0.2, 0.25) is 5.72 Å². The molecule has 0 spiro atoms. The van der Waals surface area contributed by atoms with Crippen molar-refractivity contribution in [2.45, 2.75) is 133 Å². The molecule has 2 heterocycles. The number of hydrogen-bond donors (Lipinski definition) is 6. The second kappa shape index (κ2) is 17.3. The molecular formula is C32H50FN3O8. The Morgan fingerprint density at radius 1 is 0.955 bits per heavy atom. The highest BCUT2D eigenvalue weighted by Gasteiger charge is 2.71. The number of aliphatic hydroxyl groups excluding tert-OH is 2. The van der Waals surface area contributed by atoms with E-state index >= 15 is 4.39 Å². The highest BCUT2D eigenvalue weighted by Crippen LogP contribution is 2.44. The van der Waals surface area contributed by atoms with E-state index in [9.17, 15) is 35.2 Å². The molecule has 1 fully saturated rings. The van der Waals surface area contributed by atoms with E-state index in [2.05, 4.69) is 6.92 Å². The Morgan fingerprint density at radius 3 is 2.05 bits per heavy atom. The van der Waals surface area contributed by atoms with Gasteiger partial charge in [-0.3, -0.25) is 9.78 Å². The van der Waals surface area contributed by atoms with Crippen LogP contribution in [0.15, 0.2) is 46.1 Å². The van der Waals surface area contributed by atoms with Crippen LogP contribution in [0.1, 0.15) is 108 Å². The van der Waals surface area contributed by atoms with Crippen LogP contribution in [0.4, 0.5) is 4.39 Å². The Kier molecular flexibility index (Phi) is 14.2. The van der Waals surface area contributed by atoms with E-state index in [-0.39, 0.29) is 23.5 Å². The third kappa shape index (κ3) is 8.63. The molecule has 1 saturated heterocycles. The summed E-state index contributed by atoms with van der Waals surface area (Å²) in [6.45, 7) is 1.27. The summed E-state index contributed by atoms with van der Waals surface area (Å²) in [5.41, 5.74) is -4.69. The second-order valence-electron chi connectivity index (χ2n) is 11.9. The van der Waals surface area contributed by atoms with Crippen LogP contribution in [-0.2, 0) is 17.1 Å². The first kappa shape index (κ1) is 36.0. The van der Waals surface area contributed by atoms with Crippen molar-refractivity contribution in [1.82, 2.24) is 14.6 Å². The molecule has 0 saturated carbocycles. The van der Waals surface area contributed by atoms with E-state index < -0.39 is 48.0 Å². The van der Waals surface area contributed by atoms with Gasteiger partial charge in [0.05, 0.1) is 6.61 Å². The van der Waals surface area contributed by atoms with E-state index in [0.29, 0.717) is 23.0 Å². The van der Waals surface area contributed by atoms with Crippen LogP contribution >= 0.6 is 0 Å². The van der Waals surface area contributed by atoms with E-state index in [1.54, 1.807) is 30.3 Å². The number of rotatable bonds is 20. The smallest absolute Gasteiger partial charge is 0.332 e. The van der Waals surface area contributed by atoms with Crippen molar-refractivity contribution in [3.05, 3.63) is 68.5 Å². The minimum atomic E-state index is -3.33. The number of benzene rings is 1. The van der Waals surface area contributed by atoms with Crippen molar-refractivity contribution >= 4 is 0 Å². The van der Waals surface area contributed by atoms with Crippen LogP contribution in [0.25, 0.3) is 0 Å². The summed E-state index contributed by atoms with van der Waals surface area (Å²) in [5, 5.41) is 54.2. The van der Waals surface area contributed by atoms with E-state index in [1.807, 2.05) is 4.98 Å². The maximum Gasteiger partial charge on any atom is 0.332 e. The molecular weight excluding hydrogens is 573 g/mol. The van der Waals surface area contributed by atoms with Crippen LogP contribution in [0.3, 0.4) is 0 Å². The van der Waals surface area contributed by atoms with Crippen LogP contribution in [0.5, 0.6) is 0 Å². The van der Waals surface area contributed by atoms with Crippen molar-refractivity contribution in [3.8, 4) is 0 Å². The number of nitrogens with one attached hydrogen (secondary N) is 1. The first-order valence-corrected chi connectivity index (χ1v) is 16.0. The lowest BCUT2D eigenvalue weighted by Gasteiger charge is -2.43. The van der Waals surface area contributed by atoms with Gasteiger partial charge in [-0.05, 0) is 18.4 Å². The largest absolute Gasteiger partial charge is 0.394 e. The number of aliphatic hydroxyl groups is 4. The summed E-state index contributed by atoms with van der Waals surface area (Å²) in [6, 6.07) is 8.74. The molecule has 0 amide bonds. The number of alkyl halides is 1. The van der Waals surface area contributed by atoms with Gasteiger partial charge < -0.3 is 30.4 Å². The lowest BCUT2D eigenvalue weighted by Crippen LogP contribution is -2.69. The van der Waals surface area contributed by atoms with Crippen LogP contribution in [0, 0.1) is 0 Å². The highest BCUT2D eigenvalue weighted by molar-refractivity contribution is 5.23. The zero-order valence-corrected chi connectivity index (χ0v) is 25.7. The number of aromatic nitrogens is 2. The fraction of sp³-hybridized carbons (Fsp3) is 0.688. The molecule has 44 heavy (non-hydrogen) atoms. The molecule has 3 rings (SSSR count). The highest BCUT2D eigenvalue weighted by atomic mass is 19.1. The molecule has 12 heteroatoms. The van der Waals surface area contributed by atoms with E-state index in [1.165, 1.54) is 44.9 Å². The van der Waals surface area contributed by atoms with Gasteiger partial charge in [-0.1, -0.05) is 114 Å². The summed E-state index contributed by atoms with van der Waals surface area (Å²) in [4.78, 5) is 27.4. The molecule has 1 aliphatic rings. The van der Waals surface area contributed by atoms with Gasteiger partial charge in [-0.25, -0.2) is 13.8 Å². The van der Waals surface area contributed by atoms with Crippen LogP contribution < -0.4 is 11.2 Å². The number of aromatic amines is 1. The number of H-pyrrole nitrogens is 1. The summed E-state index contributed by atoms with van der Waals surface area (Å²) < 4.78 is 21.0. The summed E-state index contributed by atoms with van der Waals surface area (Å²) in [6.07, 6.45) is 8.53. The minimum Gasteiger partial charge on any atom is -0.394 e. The van der Waals surface area contributed by atoms with Gasteiger partial charge in [-0.2, -0.15) is 0 Å². The van der Waals surface area contributed by atoms with Gasteiger partial charge in [0.1, 0.15) is 12.2 Å². The quantitative estimate of drug-likeness (QED) is 0.0558. The molecule has 0 bridgehead atoms. The molecule has 0 radical (unpaired) electrons. The zero-order valence-electron chi connectivity index (χ0n) is 25.7. The monoisotopic (exact) mass is 623 g/mol. The van der Waals surface area contributed by atoms with Crippen molar-refractivity contribution in [1.29, 1.82) is 0 Å². The van der Waals surface area contributed by atoms with Gasteiger partial charge in [-0.15, -0.1) is 5.06 Å². The van der Waals surface area contributed by atoms with Crippen LogP contribution in [0.2, 0.25) is 0 Å². The first-order valence-electron chi connectivity index (χ1n) is 16.0. The standard InChI is InChI=1S/C32H50FN3O8/c1-2-3-4-5-6-7-8-9-10-11-12-13-17-20-27(33)36(43)31(41)28(38)26(23-37)44-32(31,42)35-22-25(29(39)34-30(35)40)21-24-18-15-14-16-19-24/h14-16,18-19,22,26-28,37-38,41-43H,2-13,17,20-21,23H2,1H3,(H,34,39,40)/t26-,27?,28-,31-,32+/m1/s1. The van der Waals surface area contributed by atoms with Crippen molar-refractivity contribution in [2.75, 3.05) is 6.61 Å². The lowest BCUT2D eigenvalue weighted by atomic mass is 9.99. The molecule has 1 aromatic carbocycles.